The number of nitro groups is 1. The standard InChI is InChI=1S/C25H20N4O4S/c30-23(16-4-3-11-26-12-16)22-21(15-7-9-17(10-8-15)29(32)33)20-13-34-14-28(20)25(22)18-5-1-2-6-19(18)27-24(25)31/h1-12,20-22H,13-14H2,(H,27,31)/t20?,21?,22?,25-/m1/s1. The Morgan fingerprint density at radius 2 is 1.94 bits per heavy atom. The molecule has 1 aromatic heterocycles. The zero-order chi connectivity index (χ0) is 23.4. The third-order valence-electron chi connectivity index (χ3n) is 7.25. The van der Waals surface area contributed by atoms with E-state index in [0.29, 0.717) is 11.4 Å². The van der Waals surface area contributed by atoms with Gasteiger partial charge in [-0.05, 0) is 23.8 Å². The summed E-state index contributed by atoms with van der Waals surface area (Å²) in [4.78, 5) is 45.2. The number of nitrogens with one attached hydrogen (secondary N) is 1. The van der Waals surface area contributed by atoms with Crippen LogP contribution in [0.4, 0.5) is 11.4 Å². The van der Waals surface area contributed by atoms with Crippen LogP contribution in [0.25, 0.3) is 0 Å². The summed E-state index contributed by atoms with van der Waals surface area (Å²) in [6, 6.07) is 17.3. The number of hydrogen-bond acceptors (Lipinski definition) is 7. The summed E-state index contributed by atoms with van der Waals surface area (Å²) in [6.07, 6.45) is 3.15. The fourth-order valence-electron chi connectivity index (χ4n) is 5.91. The van der Waals surface area contributed by atoms with Crippen LogP contribution in [0.1, 0.15) is 27.4 Å². The van der Waals surface area contributed by atoms with Crippen molar-refractivity contribution in [2.75, 3.05) is 16.9 Å². The molecule has 1 spiro atoms. The molecular formula is C25H20N4O4S. The molecule has 0 saturated carbocycles. The van der Waals surface area contributed by atoms with Gasteiger partial charge < -0.3 is 5.32 Å². The summed E-state index contributed by atoms with van der Waals surface area (Å²) in [6.45, 7) is 0. The Bertz CT molecular complexity index is 1320. The first-order valence-electron chi connectivity index (χ1n) is 11.0. The van der Waals surface area contributed by atoms with Gasteiger partial charge >= 0.3 is 0 Å². The molecule has 34 heavy (non-hydrogen) atoms. The van der Waals surface area contributed by atoms with Gasteiger partial charge in [-0.2, -0.15) is 0 Å². The van der Waals surface area contributed by atoms with Crippen molar-refractivity contribution < 1.29 is 14.5 Å². The van der Waals surface area contributed by atoms with Gasteiger partial charge in [-0.1, -0.05) is 30.3 Å². The van der Waals surface area contributed by atoms with Gasteiger partial charge in [0.15, 0.2) is 5.78 Å². The fourth-order valence-corrected chi connectivity index (χ4v) is 7.24. The number of anilines is 1. The average Bonchev–Trinajstić information content (AvgIpc) is 3.52. The van der Waals surface area contributed by atoms with E-state index in [4.69, 9.17) is 0 Å². The summed E-state index contributed by atoms with van der Waals surface area (Å²) in [7, 11) is 0. The minimum absolute atomic E-state index is 0.00629. The molecule has 9 heteroatoms. The molecule has 0 aliphatic carbocycles. The second kappa shape index (κ2) is 7.75. The number of benzene rings is 2. The number of Topliss-reactive ketones (excluding diaryl/α,β-unsaturated/α-hetero) is 1. The molecule has 3 aromatic rings. The highest BCUT2D eigenvalue weighted by atomic mass is 32.2. The summed E-state index contributed by atoms with van der Waals surface area (Å²) >= 11 is 1.73. The number of carbonyl (C=O) groups excluding carboxylic acids is 2. The number of aromatic nitrogens is 1. The van der Waals surface area contributed by atoms with Crippen LogP contribution >= 0.6 is 11.8 Å². The molecule has 170 valence electrons. The number of para-hydroxylation sites is 1. The maximum absolute atomic E-state index is 14.2. The first-order chi connectivity index (χ1) is 16.5. The molecule has 3 aliphatic heterocycles. The van der Waals surface area contributed by atoms with Crippen LogP contribution in [-0.2, 0) is 10.3 Å². The Morgan fingerprint density at radius 1 is 1.15 bits per heavy atom. The van der Waals surface area contributed by atoms with Crippen molar-refractivity contribution in [1.29, 1.82) is 0 Å². The lowest BCUT2D eigenvalue weighted by Gasteiger charge is -2.36. The zero-order valence-corrected chi connectivity index (χ0v) is 18.8. The van der Waals surface area contributed by atoms with Crippen molar-refractivity contribution in [2.24, 2.45) is 5.92 Å². The highest BCUT2D eigenvalue weighted by molar-refractivity contribution is 7.99. The number of amides is 1. The minimum Gasteiger partial charge on any atom is -0.324 e. The number of fused-ring (bicyclic) bond motifs is 4. The van der Waals surface area contributed by atoms with Gasteiger partial charge in [0.05, 0.1) is 10.8 Å². The third kappa shape index (κ3) is 2.80. The topological polar surface area (TPSA) is 105 Å². The zero-order valence-electron chi connectivity index (χ0n) is 18.0. The Morgan fingerprint density at radius 3 is 2.68 bits per heavy atom. The van der Waals surface area contributed by atoms with Gasteiger partial charge in [0.25, 0.3) is 5.69 Å². The third-order valence-corrected chi connectivity index (χ3v) is 8.28. The molecule has 1 amide bonds. The molecule has 3 unspecified atom stereocenters. The van der Waals surface area contributed by atoms with Gasteiger partial charge in [0, 0.05) is 64.9 Å². The molecule has 0 radical (unpaired) electrons. The number of nitro benzene ring substituents is 1. The maximum Gasteiger partial charge on any atom is 0.269 e. The molecule has 8 nitrogen and oxygen atoms in total. The Kier molecular flexibility index (Phi) is 4.79. The molecule has 2 fully saturated rings. The molecule has 4 atom stereocenters. The van der Waals surface area contributed by atoms with Crippen molar-refractivity contribution in [3.8, 4) is 0 Å². The van der Waals surface area contributed by atoms with E-state index < -0.39 is 16.4 Å². The van der Waals surface area contributed by atoms with Crippen LogP contribution in [0, 0.1) is 16.0 Å². The first-order valence-corrected chi connectivity index (χ1v) is 12.1. The SMILES string of the molecule is O=C(c1cccnc1)C1C(c2ccc([N+](=O)[O-])cc2)C2CSCN2[C@@]12C(=O)Nc1ccccc12. The lowest BCUT2D eigenvalue weighted by Crippen LogP contribution is -2.52. The second-order valence-electron chi connectivity index (χ2n) is 8.76. The van der Waals surface area contributed by atoms with Gasteiger partial charge in [0.2, 0.25) is 5.91 Å². The lowest BCUT2D eigenvalue weighted by atomic mass is 9.69. The minimum atomic E-state index is -1.16. The van der Waals surface area contributed by atoms with Crippen LogP contribution in [-0.4, -0.2) is 44.2 Å². The van der Waals surface area contributed by atoms with Crippen LogP contribution in [0.5, 0.6) is 0 Å². The van der Waals surface area contributed by atoms with Crippen LogP contribution in [0.15, 0.2) is 73.1 Å². The van der Waals surface area contributed by atoms with Crippen LogP contribution in [0.2, 0.25) is 0 Å². The van der Waals surface area contributed by atoms with E-state index >= 15 is 0 Å². The summed E-state index contributed by atoms with van der Waals surface area (Å²) in [5.74, 6) is -0.00811. The monoisotopic (exact) mass is 472 g/mol. The molecule has 2 aromatic carbocycles. The van der Waals surface area contributed by atoms with Crippen molar-refractivity contribution in [2.45, 2.75) is 17.5 Å². The number of pyridine rings is 1. The maximum atomic E-state index is 14.2. The van der Waals surface area contributed by atoms with Crippen molar-refractivity contribution in [3.63, 3.8) is 0 Å². The second-order valence-corrected chi connectivity index (χ2v) is 9.76. The Hall–Kier alpha value is -3.56. The molecule has 0 bridgehead atoms. The number of nitrogens with zero attached hydrogens (tertiary/aromatic N) is 3. The van der Waals surface area contributed by atoms with Crippen molar-refractivity contribution in [3.05, 3.63) is 99.9 Å². The van der Waals surface area contributed by atoms with E-state index in [9.17, 15) is 19.7 Å². The smallest absolute Gasteiger partial charge is 0.269 e. The van der Waals surface area contributed by atoms with E-state index in [0.717, 1.165) is 22.6 Å². The number of hydrogen-bond donors (Lipinski definition) is 1. The predicted octanol–water partition coefficient (Wildman–Crippen LogP) is 3.81. The van der Waals surface area contributed by atoms with Crippen molar-refractivity contribution >= 4 is 34.8 Å². The molecular weight excluding hydrogens is 452 g/mol. The van der Waals surface area contributed by atoms with Gasteiger partial charge in [0.1, 0.15) is 5.54 Å². The van der Waals surface area contributed by atoms with E-state index in [2.05, 4.69) is 15.2 Å². The fraction of sp³-hybridized carbons (Fsp3) is 0.240. The summed E-state index contributed by atoms with van der Waals surface area (Å²) in [5, 5.41) is 14.3. The largest absolute Gasteiger partial charge is 0.324 e. The molecule has 3 aliphatic rings. The molecule has 1 N–H and O–H groups in total. The summed E-state index contributed by atoms with van der Waals surface area (Å²) < 4.78 is 0. The molecule has 4 heterocycles. The number of carbonyl (C=O) groups is 2. The Labute approximate surface area is 199 Å². The highest BCUT2D eigenvalue weighted by Gasteiger charge is 2.69. The first kappa shape index (κ1) is 21.0. The van der Waals surface area contributed by atoms with Crippen LogP contribution < -0.4 is 5.32 Å². The van der Waals surface area contributed by atoms with E-state index in [-0.39, 0.29) is 29.3 Å². The van der Waals surface area contributed by atoms with E-state index in [1.807, 2.05) is 24.3 Å². The lowest BCUT2D eigenvalue weighted by molar-refractivity contribution is -0.384. The Balaban J connectivity index is 1.59. The van der Waals surface area contributed by atoms with Gasteiger partial charge in [-0.15, -0.1) is 11.8 Å². The highest BCUT2D eigenvalue weighted by Crippen LogP contribution is 2.61. The number of non-ortho nitro benzene ring substituents is 1. The van der Waals surface area contributed by atoms with Gasteiger partial charge in [-0.25, -0.2) is 0 Å². The van der Waals surface area contributed by atoms with E-state index in [1.54, 1.807) is 48.4 Å². The molecule has 2 saturated heterocycles. The average molecular weight is 473 g/mol. The quantitative estimate of drug-likeness (QED) is 0.350. The number of rotatable bonds is 4. The number of thioether (sulfide) groups is 1. The van der Waals surface area contributed by atoms with Crippen molar-refractivity contribution in [1.82, 2.24) is 9.88 Å². The summed E-state index contributed by atoms with van der Waals surface area (Å²) in [5.41, 5.74) is 1.62. The van der Waals surface area contributed by atoms with E-state index in [1.165, 1.54) is 12.1 Å². The molecule has 6 rings (SSSR count). The normalized spacial score (nSPS) is 27.4. The predicted molar refractivity (Wildman–Crippen MR) is 128 cm³/mol. The van der Waals surface area contributed by atoms with Crippen LogP contribution in [0.3, 0.4) is 0 Å². The van der Waals surface area contributed by atoms with Gasteiger partial charge in [-0.3, -0.25) is 29.6 Å². The number of ketones is 1.